The van der Waals surface area contributed by atoms with E-state index >= 15 is 0 Å². The summed E-state index contributed by atoms with van der Waals surface area (Å²) < 4.78 is 0. The van der Waals surface area contributed by atoms with Gasteiger partial charge in [0.15, 0.2) is 0 Å². The minimum atomic E-state index is -0.337. The SMILES string of the molecule is OCCCC/C=C/C[C@@H]1[C@H](C=CCCCCCCO)C=C[C@H]1O. The fraction of sp³-hybridized carbons (Fsp3) is 0.700. The zero-order valence-electron chi connectivity index (χ0n) is 14.3. The van der Waals surface area contributed by atoms with Gasteiger partial charge in [0.05, 0.1) is 6.10 Å². The van der Waals surface area contributed by atoms with Gasteiger partial charge in [-0.1, -0.05) is 49.3 Å². The molecule has 0 amide bonds. The van der Waals surface area contributed by atoms with Gasteiger partial charge in [0.25, 0.3) is 0 Å². The normalized spacial score (nSPS) is 24.4. The first-order valence-corrected chi connectivity index (χ1v) is 9.19. The number of hydrogen-bond acceptors (Lipinski definition) is 3. The van der Waals surface area contributed by atoms with Crippen LogP contribution in [0.15, 0.2) is 36.5 Å². The molecule has 0 radical (unpaired) electrons. The monoisotopic (exact) mass is 322 g/mol. The lowest BCUT2D eigenvalue weighted by Gasteiger charge is -2.18. The largest absolute Gasteiger partial charge is 0.396 e. The predicted octanol–water partition coefficient (Wildman–Crippen LogP) is 3.76. The van der Waals surface area contributed by atoms with E-state index < -0.39 is 0 Å². The maximum Gasteiger partial charge on any atom is 0.0760 e. The van der Waals surface area contributed by atoms with Crippen molar-refractivity contribution in [2.75, 3.05) is 13.2 Å². The molecule has 132 valence electrons. The molecule has 1 aliphatic carbocycles. The van der Waals surface area contributed by atoms with Crippen LogP contribution in [-0.4, -0.2) is 34.6 Å². The quantitative estimate of drug-likeness (QED) is 0.357. The first kappa shape index (κ1) is 20.1. The molecule has 23 heavy (non-hydrogen) atoms. The van der Waals surface area contributed by atoms with Crippen LogP contribution in [0.2, 0.25) is 0 Å². The molecule has 1 rings (SSSR count). The van der Waals surface area contributed by atoms with Gasteiger partial charge in [-0.15, -0.1) is 0 Å². The molecule has 0 bridgehead atoms. The van der Waals surface area contributed by atoms with Crippen LogP contribution in [-0.2, 0) is 0 Å². The Hall–Kier alpha value is -0.900. The van der Waals surface area contributed by atoms with Crippen LogP contribution < -0.4 is 0 Å². The maximum absolute atomic E-state index is 10.1. The second-order valence-corrected chi connectivity index (χ2v) is 6.40. The van der Waals surface area contributed by atoms with Crippen LogP contribution in [0, 0.1) is 11.8 Å². The highest BCUT2D eigenvalue weighted by Crippen LogP contribution is 2.30. The predicted molar refractivity (Wildman–Crippen MR) is 96.1 cm³/mol. The molecule has 0 aliphatic heterocycles. The van der Waals surface area contributed by atoms with E-state index in [9.17, 15) is 5.11 Å². The highest BCUT2D eigenvalue weighted by atomic mass is 16.3. The van der Waals surface area contributed by atoms with E-state index in [2.05, 4.69) is 30.4 Å². The first-order chi connectivity index (χ1) is 11.3. The Kier molecular flexibility index (Phi) is 11.9. The number of aliphatic hydroxyl groups excluding tert-OH is 3. The highest BCUT2D eigenvalue weighted by Gasteiger charge is 2.27. The summed E-state index contributed by atoms with van der Waals surface area (Å²) in [6.45, 7) is 0.571. The third-order valence-electron chi connectivity index (χ3n) is 4.45. The molecule has 0 spiro atoms. The van der Waals surface area contributed by atoms with Crippen molar-refractivity contribution in [3.05, 3.63) is 36.5 Å². The summed E-state index contributed by atoms with van der Waals surface area (Å²) in [4.78, 5) is 0. The Morgan fingerprint density at radius 3 is 2.17 bits per heavy atom. The van der Waals surface area contributed by atoms with E-state index in [1.807, 2.05) is 6.08 Å². The molecule has 3 nitrogen and oxygen atoms in total. The second kappa shape index (κ2) is 13.5. The van der Waals surface area contributed by atoms with Crippen LogP contribution in [0.3, 0.4) is 0 Å². The van der Waals surface area contributed by atoms with Gasteiger partial charge in [0.1, 0.15) is 0 Å². The van der Waals surface area contributed by atoms with Crippen LogP contribution in [0.25, 0.3) is 0 Å². The second-order valence-electron chi connectivity index (χ2n) is 6.40. The van der Waals surface area contributed by atoms with E-state index in [-0.39, 0.29) is 18.6 Å². The Morgan fingerprint density at radius 1 is 0.739 bits per heavy atom. The summed E-state index contributed by atoms with van der Waals surface area (Å²) in [5, 5.41) is 27.6. The van der Waals surface area contributed by atoms with E-state index in [4.69, 9.17) is 10.2 Å². The Labute approximate surface area is 141 Å². The Balaban J connectivity index is 2.23. The van der Waals surface area contributed by atoms with Crippen molar-refractivity contribution in [2.45, 2.75) is 63.9 Å². The molecule has 0 saturated heterocycles. The lowest BCUT2D eigenvalue weighted by Crippen LogP contribution is -2.18. The number of allylic oxidation sites excluding steroid dienone is 5. The summed E-state index contributed by atoms with van der Waals surface area (Å²) in [7, 11) is 0. The van der Waals surface area contributed by atoms with Gasteiger partial charge < -0.3 is 15.3 Å². The lowest BCUT2D eigenvalue weighted by molar-refractivity contribution is 0.153. The van der Waals surface area contributed by atoms with E-state index in [0.717, 1.165) is 44.9 Å². The van der Waals surface area contributed by atoms with Crippen molar-refractivity contribution in [1.82, 2.24) is 0 Å². The summed E-state index contributed by atoms with van der Waals surface area (Å²) >= 11 is 0. The molecule has 0 aromatic rings. The summed E-state index contributed by atoms with van der Waals surface area (Å²) in [5.74, 6) is 0.597. The van der Waals surface area contributed by atoms with Crippen molar-refractivity contribution in [3.8, 4) is 0 Å². The average molecular weight is 322 g/mol. The summed E-state index contributed by atoms with van der Waals surface area (Å²) in [6.07, 6.45) is 21.8. The van der Waals surface area contributed by atoms with Crippen molar-refractivity contribution in [2.24, 2.45) is 11.8 Å². The van der Waals surface area contributed by atoms with Gasteiger partial charge in [-0.3, -0.25) is 0 Å². The minimum Gasteiger partial charge on any atom is -0.396 e. The molecular weight excluding hydrogens is 288 g/mol. The molecule has 0 aromatic carbocycles. The zero-order chi connectivity index (χ0) is 16.8. The molecule has 0 unspecified atom stereocenters. The standard InChI is InChI=1S/C20H34O3/c21-16-10-6-2-1-4-8-12-18-14-15-20(23)19(18)13-9-5-3-7-11-17-22/h5,8-9,12,14-15,18-23H,1-4,6-7,10-11,13,16-17H2/b9-5+,12-8?/t18-,19-,20-/m1/s1. The molecule has 0 fully saturated rings. The average Bonchev–Trinajstić information content (AvgIpc) is 2.90. The summed E-state index contributed by atoms with van der Waals surface area (Å²) in [5.41, 5.74) is 0. The van der Waals surface area contributed by atoms with Gasteiger partial charge in [-0.2, -0.15) is 0 Å². The first-order valence-electron chi connectivity index (χ1n) is 9.19. The fourth-order valence-corrected chi connectivity index (χ4v) is 2.98. The van der Waals surface area contributed by atoms with E-state index in [0.29, 0.717) is 12.5 Å². The number of aliphatic hydroxyl groups is 3. The van der Waals surface area contributed by atoms with Gasteiger partial charge >= 0.3 is 0 Å². The zero-order valence-corrected chi connectivity index (χ0v) is 14.3. The van der Waals surface area contributed by atoms with Crippen molar-refractivity contribution >= 4 is 0 Å². The molecular formula is C20H34O3. The molecule has 0 aromatic heterocycles. The Morgan fingerprint density at radius 2 is 1.39 bits per heavy atom. The maximum atomic E-state index is 10.1. The molecule has 3 heteroatoms. The smallest absolute Gasteiger partial charge is 0.0760 e. The lowest BCUT2D eigenvalue weighted by atomic mass is 9.90. The third-order valence-corrected chi connectivity index (χ3v) is 4.45. The molecule has 1 aliphatic rings. The van der Waals surface area contributed by atoms with Crippen LogP contribution >= 0.6 is 0 Å². The molecule has 0 heterocycles. The van der Waals surface area contributed by atoms with E-state index in [1.54, 1.807) is 0 Å². The van der Waals surface area contributed by atoms with Crippen molar-refractivity contribution in [1.29, 1.82) is 0 Å². The molecule has 3 atom stereocenters. The fourth-order valence-electron chi connectivity index (χ4n) is 2.98. The van der Waals surface area contributed by atoms with Gasteiger partial charge in [0.2, 0.25) is 0 Å². The number of unbranched alkanes of at least 4 members (excludes halogenated alkanes) is 6. The third kappa shape index (κ3) is 9.09. The number of rotatable bonds is 13. The Bertz CT molecular complexity index is 360. The van der Waals surface area contributed by atoms with Crippen LogP contribution in [0.1, 0.15) is 57.8 Å². The molecule has 0 saturated carbocycles. The van der Waals surface area contributed by atoms with Crippen molar-refractivity contribution in [3.63, 3.8) is 0 Å². The van der Waals surface area contributed by atoms with Crippen LogP contribution in [0.4, 0.5) is 0 Å². The highest BCUT2D eigenvalue weighted by molar-refractivity contribution is 5.15. The molecule has 3 N–H and O–H groups in total. The van der Waals surface area contributed by atoms with Crippen molar-refractivity contribution < 1.29 is 15.3 Å². The summed E-state index contributed by atoms with van der Waals surface area (Å²) in [6, 6.07) is 0. The number of hydrogen-bond donors (Lipinski definition) is 3. The van der Waals surface area contributed by atoms with Gasteiger partial charge in [-0.25, -0.2) is 0 Å². The van der Waals surface area contributed by atoms with E-state index in [1.165, 1.54) is 12.8 Å². The van der Waals surface area contributed by atoms with Gasteiger partial charge in [-0.05, 0) is 44.9 Å². The minimum absolute atomic E-state index is 0.259. The van der Waals surface area contributed by atoms with Gasteiger partial charge in [0, 0.05) is 25.0 Å². The van der Waals surface area contributed by atoms with Crippen LogP contribution in [0.5, 0.6) is 0 Å². The topological polar surface area (TPSA) is 60.7 Å².